The Morgan fingerprint density at radius 3 is 1.94 bits per heavy atom. The van der Waals surface area contributed by atoms with Crippen molar-refractivity contribution in [2.24, 2.45) is 4.99 Å². The Morgan fingerprint density at radius 1 is 0.596 bits per heavy atom. The van der Waals surface area contributed by atoms with E-state index in [1.807, 2.05) is 48.5 Å². The lowest BCUT2D eigenvalue weighted by Gasteiger charge is -2.24. The van der Waals surface area contributed by atoms with Gasteiger partial charge < -0.3 is 8.83 Å². The van der Waals surface area contributed by atoms with Gasteiger partial charge in [-0.1, -0.05) is 92.2 Å². The van der Waals surface area contributed by atoms with Crippen LogP contribution in [0, 0.1) is 0 Å². The minimum Gasteiger partial charge on any atom is -0.436 e. The molecule has 2 aromatic heterocycles. The van der Waals surface area contributed by atoms with Gasteiger partial charge in [0.15, 0.2) is 11.2 Å². The Balaban J connectivity index is 1.20. The molecule has 0 saturated carbocycles. The Bertz CT molecular complexity index is 2570. The van der Waals surface area contributed by atoms with Crippen molar-refractivity contribution in [3.63, 3.8) is 0 Å². The number of aromatic nitrogens is 2. The zero-order valence-electron chi connectivity index (χ0n) is 29.5. The number of benzene rings is 5. The van der Waals surface area contributed by atoms with Crippen LogP contribution in [-0.4, -0.2) is 15.7 Å². The highest BCUT2D eigenvalue weighted by atomic mass is 16.4. The Morgan fingerprint density at radius 2 is 1.23 bits per heavy atom. The molecule has 2 aliphatic carbocycles. The number of aliphatic imine (C=N–C) groups is 1. The zero-order chi connectivity index (χ0) is 35.0. The summed E-state index contributed by atoms with van der Waals surface area (Å²) in [4.78, 5) is 15.5. The molecular formula is C47H37N3O2. The second-order valence-corrected chi connectivity index (χ2v) is 14.7. The molecular weight excluding hydrogens is 639 g/mol. The van der Waals surface area contributed by atoms with Crippen molar-refractivity contribution in [3.05, 3.63) is 160 Å². The Kier molecular flexibility index (Phi) is 6.94. The lowest BCUT2D eigenvalue weighted by atomic mass is 9.81. The largest absolute Gasteiger partial charge is 0.436 e. The number of hydrogen-bond acceptors (Lipinski definition) is 5. The summed E-state index contributed by atoms with van der Waals surface area (Å²) in [5.74, 6) is 1.10. The van der Waals surface area contributed by atoms with Crippen LogP contribution < -0.4 is 0 Å². The lowest BCUT2D eigenvalue weighted by molar-refractivity contribution is 0.617. The summed E-state index contributed by atoms with van der Waals surface area (Å²) < 4.78 is 12.7. The van der Waals surface area contributed by atoms with Crippen LogP contribution in [0.5, 0.6) is 0 Å². The van der Waals surface area contributed by atoms with Gasteiger partial charge in [-0.15, -0.1) is 0 Å². The number of hydrogen-bond donors (Lipinski definition) is 0. The highest BCUT2D eigenvalue weighted by molar-refractivity contribution is 6.05. The summed E-state index contributed by atoms with van der Waals surface area (Å²) in [6.07, 6.45) is 8.40. The van der Waals surface area contributed by atoms with E-state index < -0.39 is 0 Å². The minimum atomic E-state index is -0.0943. The molecule has 0 amide bonds. The molecule has 0 N–H and O–H groups in total. The average Bonchev–Trinajstić information content (AvgIpc) is 3.87. The van der Waals surface area contributed by atoms with Crippen molar-refractivity contribution in [1.82, 2.24) is 9.97 Å². The molecule has 1 aliphatic heterocycles. The molecule has 5 aromatic carbocycles. The van der Waals surface area contributed by atoms with Gasteiger partial charge in [-0.2, -0.15) is 0 Å². The second kappa shape index (κ2) is 11.7. The van der Waals surface area contributed by atoms with E-state index in [1.165, 1.54) is 44.5 Å². The summed E-state index contributed by atoms with van der Waals surface area (Å²) >= 11 is 0. The molecule has 10 rings (SSSR count). The summed E-state index contributed by atoms with van der Waals surface area (Å²) in [6, 6.07) is 38.0. The molecule has 0 radical (unpaired) electrons. The van der Waals surface area contributed by atoms with E-state index in [9.17, 15) is 0 Å². The molecule has 7 aromatic rings. The smallest absolute Gasteiger partial charge is 0.227 e. The topological polar surface area (TPSA) is 64.4 Å². The van der Waals surface area contributed by atoms with Crippen molar-refractivity contribution in [3.8, 4) is 34.0 Å². The summed E-state index contributed by atoms with van der Waals surface area (Å²) in [5, 5.41) is 0. The summed E-state index contributed by atoms with van der Waals surface area (Å²) in [7, 11) is 0. The molecule has 0 saturated heterocycles. The third kappa shape index (κ3) is 4.95. The van der Waals surface area contributed by atoms with E-state index in [-0.39, 0.29) is 5.41 Å². The van der Waals surface area contributed by atoms with Crippen molar-refractivity contribution in [2.75, 3.05) is 0 Å². The molecule has 252 valence electrons. The third-order valence-corrected chi connectivity index (χ3v) is 11.1. The van der Waals surface area contributed by atoms with Crippen LogP contribution >= 0.6 is 0 Å². The van der Waals surface area contributed by atoms with Gasteiger partial charge in [-0.3, -0.25) is 4.99 Å². The van der Waals surface area contributed by atoms with Crippen LogP contribution in [0.25, 0.3) is 61.9 Å². The van der Waals surface area contributed by atoms with E-state index in [2.05, 4.69) is 93.6 Å². The lowest BCUT2D eigenvalue weighted by Crippen LogP contribution is -2.16. The number of rotatable bonds is 4. The number of nitrogens with zero attached hydrogens (tertiary/aromatic N) is 3. The molecule has 5 nitrogen and oxygen atoms in total. The maximum Gasteiger partial charge on any atom is 0.227 e. The van der Waals surface area contributed by atoms with Crippen LogP contribution in [-0.2, 0) is 5.41 Å². The van der Waals surface area contributed by atoms with Crippen LogP contribution in [0.4, 0.5) is 0 Å². The molecule has 52 heavy (non-hydrogen) atoms. The van der Waals surface area contributed by atoms with Crippen molar-refractivity contribution < 1.29 is 8.83 Å². The van der Waals surface area contributed by atoms with Crippen LogP contribution in [0.2, 0.25) is 0 Å². The van der Waals surface area contributed by atoms with Gasteiger partial charge in [-0.25, -0.2) is 9.97 Å². The third-order valence-electron chi connectivity index (χ3n) is 11.1. The zero-order valence-corrected chi connectivity index (χ0v) is 29.5. The first-order valence-corrected chi connectivity index (χ1v) is 18.2. The molecule has 0 fully saturated rings. The van der Waals surface area contributed by atoms with E-state index in [0.717, 1.165) is 76.0 Å². The van der Waals surface area contributed by atoms with E-state index in [0.29, 0.717) is 11.8 Å². The SMILES string of the molecule is C/C1=C2/CCC=C/C2=C(c2cc(-c3nc4ccccc4o3)cc(-c3nc4ccccc4o3)c2)/N=C(/c2ccc3c(c2)C(C)(C)c2ccccc2-3)CC1. The van der Waals surface area contributed by atoms with Gasteiger partial charge >= 0.3 is 0 Å². The van der Waals surface area contributed by atoms with E-state index in [4.69, 9.17) is 23.8 Å². The van der Waals surface area contributed by atoms with Crippen molar-refractivity contribution in [2.45, 2.75) is 51.9 Å². The van der Waals surface area contributed by atoms with Crippen LogP contribution in [0.15, 0.2) is 152 Å². The van der Waals surface area contributed by atoms with Gasteiger partial charge in [0.25, 0.3) is 0 Å². The molecule has 3 heterocycles. The minimum absolute atomic E-state index is 0.0943. The Hall–Kier alpha value is -6.07. The van der Waals surface area contributed by atoms with Crippen LogP contribution in [0.1, 0.15) is 68.7 Å². The summed E-state index contributed by atoms with van der Waals surface area (Å²) in [6.45, 7) is 6.98. The van der Waals surface area contributed by atoms with Crippen molar-refractivity contribution in [1.29, 1.82) is 0 Å². The fraction of sp³-hybridized carbons (Fsp3) is 0.170. The van der Waals surface area contributed by atoms with Gasteiger partial charge in [0.05, 0.1) is 5.70 Å². The monoisotopic (exact) mass is 675 g/mol. The van der Waals surface area contributed by atoms with Gasteiger partial charge in [-0.05, 0) is 115 Å². The van der Waals surface area contributed by atoms with E-state index >= 15 is 0 Å². The molecule has 0 unspecified atom stereocenters. The number of allylic oxidation sites excluding steroid dienone is 5. The highest BCUT2D eigenvalue weighted by Gasteiger charge is 2.35. The maximum absolute atomic E-state index is 6.36. The quantitative estimate of drug-likeness (QED) is 0.186. The van der Waals surface area contributed by atoms with Gasteiger partial charge in [0, 0.05) is 33.4 Å². The normalized spacial score (nSPS) is 20.2. The number of fused-ring (bicyclic) bond motifs is 6. The first-order valence-electron chi connectivity index (χ1n) is 18.2. The number of para-hydroxylation sites is 4. The molecule has 3 aliphatic rings. The molecule has 0 spiro atoms. The van der Waals surface area contributed by atoms with E-state index in [1.54, 1.807) is 0 Å². The van der Waals surface area contributed by atoms with Crippen LogP contribution in [0.3, 0.4) is 0 Å². The maximum atomic E-state index is 6.36. The summed E-state index contributed by atoms with van der Waals surface area (Å²) in [5.41, 5.74) is 18.3. The average molecular weight is 676 g/mol. The number of oxazole rings is 2. The molecule has 5 heteroatoms. The first kappa shape index (κ1) is 30.7. The standard InChI is InChI=1S/C47H37N3O2/c1-28-20-23-39(29-21-22-35-34-13-6-7-15-37(34)47(2,3)38(35)27-29)48-44(36-14-5-4-12-33(28)36)30-24-31(45-49-40-16-8-10-18-42(40)51-45)26-32(25-30)46-50-41-17-9-11-19-43(41)52-46/h5-11,13-19,21-22,24-27H,4,12,20,23H2,1-3H3/b33-28+,44-36-,48-39+. The fourth-order valence-corrected chi connectivity index (χ4v) is 8.35. The predicted molar refractivity (Wildman–Crippen MR) is 210 cm³/mol. The van der Waals surface area contributed by atoms with Gasteiger partial charge in [0.1, 0.15) is 11.0 Å². The molecule has 0 atom stereocenters. The second-order valence-electron chi connectivity index (χ2n) is 14.7. The van der Waals surface area contributed by atoms with Crippen molar-refractivity contribution >= 4 is 33.6 Å². The first-order chi connectivity index (χ1) is 25.4. The van der Waals surface area contributed by atoms with Gasteiger partial charge in [0.2, 0.25) is 11.8 Å². The Labute approximate surface area is 302 Å². The molecule has 0 bridgehead atoms. The highest BCUT2D eigenvalue weighted by Crippen LogP contribution is 2.49. The fourth-order valence-electron chi connectivity index (χ4n) is 8.35. The predicted octanol–water partition coefficient (Wildman–Crippen LogP) is 12.3.